The predicted molar refractivity (Wildman–Crippen MR) is 205 cm³/mol. The van der Waals surface area contributed by atoms with E-state index in [-0.39, 0.29) is 19.4 Å². The Bertz CT molecular complexity index is 1210. The molecule has 0 aliphatic carbocycles. The van der Waals surface area contributed by atoms with Crippen LogP contribution < -0.4 is 0 Å². The van der Waals surface area contributed by atoms with Gasteiger partial charge in [0.05, 0.1) is 19.8 Å². The van der Waals surface area contributed by atoms with Crippen molar-refractivity contribution in [3.63, 3.8) is 0 Å². The third-order valence-corrected chi connectivity index (χ3v) is 7.60. The largest absolute Gasteiger partial charge is 0.472 e. The molecule has 0 aromatic heterocycles. The minimum Gasteiger partial charge on any atom is -0.462 e. The fraction of sp³-hybridized carbons (Fsp3) is 0.500. The molecule has 0 saturated heterocycles. The fourth-order valence-corrected chi connectivity index (χ4v) is 4.70. The van der Waals surface area contributed by atoms with Crippen LogP contribution in [0.1, 0.15) is 90.9 Å². The maximum atomic E-state index is 12.5. The molecule has 0 aromatic rings. The number of esters is 2. The molecule has 0 bridgehead atoms. The van der Waals surface area contributed by atoms with Gasteiger partial charge in [-0.1, -0.05) is 142 Å². The molecule has 0 amide bonds. The van der Waals surface area contributed by atoms with E-state index >= 15 is 0 Å². The molecule has 10 nitrogen and oxygen atoms in total. The standard InChI is InChI=1S/C40H61O10P/c1-3-5-7-9-11-13-15-17-18-20-21-23-25-27-29-31-39(43)47-35-38(36-49-51(45,46)48-34-37(42)33-41)50-40(44)32-30-28-26-24-22-19-16-14-12-10-8-6-4-2/h5-19,22,24,26,37-38,41-42H,3-4,20-21,23,25,27-36H2,1-2H3,(H,45,46)/b7-5+,8-6+,11-9+,12-10+,15-13+,16-14+,18-17+,22-19+,26-24+/t37-,38?/m0/s1. The van der Waals surface area contributed by atoms with Crippen LogP contribution in [0.3, 0.4) is 0 Å². The van der Waals surface area contributed by atoms with E-state index in [2.05, 4.69) is 36.6 Å². The molecule has 3 atom stereocenters. The van der Waals surface area contributed by atoms with Crippen LogP contribution in [0.2, 0.25) is 0 Å². The molecule has 0 aliphatic heterocycles. The van der Waals surface area contributed by atoms with Crippen LogP contribution in [0.5, 0.6) is 0 Å². The third kappa shape index (κ3) is 34.8. The van der Waals surface area contributed by atoms with Crippen LogP contribution in [0.15, 0.2) is 109 Å². The minimum atomic E-state index is -4.64. The van der Waals surface area contributed by atoms with Crippen molar-refractivity contribution in [2.75, 3.05) is 26.4 Å². The molecule has 0 spiro atoms. The summed E-state index contributed by atoms with van der Waals surface area (Å²) in [5.74, 6) is -1.06. The van der Waals surface area contributed by atoms with Gasteiger partial charge >= 0.3 is 19.8 Å². The number of carbonyl (C=O) groups is 2. The lowest BCUT2D eigenvalue weighted by Gasteiger charge is -2.20. The predicted octanol–water partition coefficient (Wildman–Crippen LogP) is 8.66. The van der Waals surface area contributed by atoms with E-state index in [9.17, 15) is 24.2 Å². The summed E-state index contributed by atoms with van der Waals surface area (Å²) in [6, 6.07) is 0. The Balaban J connectivity index is 4.59. The Morgan fingerprint density at radius 2 is 1.04 bits per heavy atom. The second kappa shape index (κ2) is 35.1. The van der Waals surface area contributed by atoms with E-state index in [0.717, 1.165) is 44.9 Å². The van der Waals surface area contributed by atoms with Gasteiger partial charge in [-0.2, -0.15) is 0 Å². The highest BCUT2D eigenvalue weighted by molar-refractivity contribution is 7.47. The number of phosphoric ester groups is 1. The molecule has 2 unspecified atom stereocenters. The number of aliphatic hydroxyl groups excluding tert-OH is 2. The normalized spacial score (nSPS) is 15.3. The number of phosphoric acid groups is 1. The quantitative estimate of drug-likeness (QED) is 0.0274. The highest BCUT2D eigenvalue weighted by Crippen LogP contribution is 2.43. The van der Waals surface area contributed by atoms with E-state index in [1.807, 2.05) is 91.1 Å². The molecule has 0 fully saturated rings. The fourth-order valence-electron chi connectivity index (χ4n) is 3.91. The minimum absolute atomic E-state index is 0.0746. The van der Waals surface area contributed by atoms with Gasteiger partial charge in [-0.15, -0.1) is 0 Å². The first-order valence-corrected chi connectivity index (χ1v) is 19.5. The number of hydrogen-bond acceptors (Lipinski definition) is 9. The molecular weight excluding hydrogens is 671 g/mol. The number of allylic oxidation sites excluding steroid dienone is 18. The van der Waals surface area contributed by atoms with Crippen molar-refractivity contribution in [1.29, 1.82) is 0 Å². The lowest BCUT2D eigenvalue weighted by atomic mass is 10.1. The maximum Gasteiger partial charge on any atom is 0.472 e. The molecular formula is C40H61O10P. The smallest absolute Gasteiger partial charge is 0.462 e. The van der Waals surface area contributed by atoms with E-state index in [1.165, 1.54) is 0 Å². The van der Waals surface area contributed by atoms with Gasteiger partial charge in [0.1, 0.15) is 12.7 Å². The van der Waals surface area contributed by atoms with Crippen molar-refractivity contribution in [1.82, 2.24) is 0 Å². The Hall–Kier alpha value is -3.37. The summed E-state index contributed by atoms with van der Waals surface area (Å²) in [7, 11) is -4.64. The van der Waals surface area contributed by atoms with Crippen molar-refractivity contribution < 1.29 is 47.8 Å². The lowest BCUT2D eigenvalue weighted by Crippen LogP contribution is -2.29. The summed E-state index contributed by atoms with van der Waals surface area (Å²) >= 11 is 0. The summed E-state index contributed by atoms with van der Waals surface area (Å²) < 4.78 is 32.4. The SMILES string of the molecule is CC/C=C/C=C/C=C/C=C/C=C/CCCC(=O)OC(COC(=O)CCCCCCC/C=C/C=C/C=C/C=C/CC)COP(=O)(O)OC[C@@H](O)CO. The number of ether oxygens (including phenoxy) is 2. The number of hydrogen-bond donors (Lipinski definition) is 3. The molecule has 3 N–H and O–H groups in total. The molecule has 0 radical (unpaired) electrons. The third-order valence-electron chi connectivity index (χ3n) is 6.65. The molecule has 0 heterocycles. The maximum absolute atomic E-state index is 12.5. The van der Waals surface area contributed by atoms with E-state index < -0.39 is 51.8 Å². The van der Waals surface area contributed by atoms with Crippen LogP contribution in [0.4, 0.5) is 0 Å². The number of unbranched alkanes of at least 4 members (excludes halogenated alkanes) is 6. The van der Waals surface area contributed by atoms with Crippen molar-refractivity contribution in [3.8, 4) is 0 Å². The van der Waals surface area contributed by atoms with Crippen LogP contribution >= 0.6 is 7.82 Å². The molecule has 0 saturated carbocycles. The zero-order chi connectivity index (χ0) is 37.7. The number of carbonyl (C=O) groups excluding carboxylic acids is 2. The topological polar surface area (TPSA) is 149 Å². The summed E-state index contributed by atoms with van der Waals surface area (Å²) in [6.45, 7) is 1.92. The van der Waals surface area contributed by atoms with Gasteiger partial charge in [-0.25, -0.2) is 4.57 Å². The van der Waals surface area contributed by atoms with Gasteiger partial charge in [0.25, 0.3) is 0 Å². The first kappa shape index (κ1) is 47.6. The van der Waals surface area contributed by atoms with Crippen LogP contribution in [0, 0.1) is 0 Å². The number of rotatable bonds is 31. The van der Waals surface area contributed by atoms with Gasteiger partial charge in [-0.05, 0) is 44.9 Å². The van der Waals surface area contributed by atoms with Gasteiger partial charge in [0.15, 0.2) is 6.10 Å². The lowest BCUT2D eigenvalue weighted by molar-refractivity contribution is -0.161. The average molecular weight is 733 g/mol. The highest BCUT2D eigenvalue weighted by Gasteiger charge is 2.27. The van der Waals surface area contributed by atoms with Crippen molar-refractivity contribution in [2.45, 2.75) is 103 Å². The molecule has 51 heavy (non-hydrogen) atoms. The van der Waals surface area contributed by atoms with Crippen LogP contribution in [-0.2, 0) is 32.7 Å². The molecule has 0 aromatic carbocycles. The Morgan fingerprint density at radius 1 is 0.588 bits per heavy atom. The monoisotopic (exact) mass is 732 g/mol. The van der Waals surface area contributed by atoms with Gasteiger partial charge in [0.2, 0.25) is 0 Å². The first-order valence-electron chi connectivity index (χ1n) is 18.0. The van der Waals surface area contributed by atoms with Crippen LogP contribution in [0.25, 0.3) is 0 Å². The van der Waals surface area contributed by atoms with E-state index in [1.54, 1.807) is 0 Å². The first-order chi connectivity index (χ1) is 24.7. The molecule has 286 valence electrons. The second-order valence-electron chi connectivity index (χ2n) is 11.3. The van der Waals surface area contributed by atoms with Gasteiger partial charge in [0, 0.05) is 12.8 Å². The van der Waals surface area contributed by atoms with Gasteiger partial charge < -0.3 is 24.6 Å². The Labute approximate surface area is 305 Å². The summed E-state index contributed by atoms with van der Waals surface area (Å²) in [5.41, 5.74) is 0. The number of aliphatic hydroxyl groups is 2. The van der Waals surface area contributed by atoms with Crippen molar-refractivity contribution in [3.05, 3.63) is 109 Å². The highest BCUT2D eigenvalue weighted by atomic mass is 31.2. The van der Waals surface area contributed by atoms with Gasteiger partial charge in [-0.3, -0.25) is 18.6 Å². The molecule has 0 aliphatic rings. The molecule has 11 heteroatoms. The molecule has 0 rings (SSSR count). The van der Waals surface area contributed by atoms with Crippen molar-refractivity contribution in [2.24, 2.45) is 0 Å². The van der Waals surface area contributed by atoms with Crippen LogP contribution in [-0.4, -0.2) is 65.7 Å². The Kier molecular flexibility index (Phi) is 32.7. The second-order valence-corrected chi connectivity index (χ2v) is 12.8. The van der Waals surface area contributed by atoms with Crippen molar-refractivity contribution >= 4 is 19.8 Å². The zero-order valence-corrected chi connectivity index (χ0v) is 31.4. The Morgan fingerprint density at radius 3 is 1.59 bits per heavy atom. The van der Waals surface area contributed by atoms with E-state index in [0.29, 0.717) is 19.3 Å². The van der Waals surface area contributed by atoms with E-state index in [4.69, 9.17) is 19.1 Å². The summed E-state index contributed by atoms with van der Waals surface area (Å²) in [5, 5.41) is 18.2. The summed E-state index contributed by atoms with van der Waals surface area (Å²) in [6.07, 6.45) is 42.2. The average Bonchev–Trinajstić information content (AvgIpc) is 3.12. The summed E-state index contributed by atoms with van der Waals surface area (Å²) in [4.78, 5) is 34.7. The zero-order valence-electron chi connectivity index (χ0n) is 30.5.